The van der Waals surface area contributed by atoms with Crippen molar-refractivity contribution in [1.29, 1.82) is 0 Å². The first-order chi connectivity index (χ1) is 11.9. The number of fused-ring (bicyclic) bond motifs is 1. The molecule has 2 unspecified atom stereocenters. The topological polar surface area (TPSA) is 62.2 Å². The second-order valence-electron chi connectivity index (χ2n) is 7.81. The number of benzene rings is 1. The summed E-state index contributed by atoms with van der Waals surface area (Å²) in [4.78, 5) is 2.29. The second-order valence-corrected chi connectivity index (χ2v) is 7.81. The van der Waals surface area contributed by atoms with Gasteiger partial charge in [0.2, 0.25) is 0 Å². The fourth-order valence-electron chi connectivity index (χ4n) is 5.67. The van der Waals surface area contributed by atoms with Gasteiger partial charge in [0.1, 0.15) is 5.82 Å². The van der Waals surface area contributed by atoms with E-state index in [2.05, 4.69) is 11.9 Å². The van der Waals surface area contributed by atoms with Gasteiger partial charge in [0.05, 0.1) is 19.3 Å². The van der Waals surface area contributed by atoms with Crippen LogP contribution in [0.25, 0.3) is 0 Å². The molecule has 0 radical (unpaired) electrons. The summed E-state index contributed by atoms with van der Waals surface area (Å²) < 4.78 is 25.5. The van der Waals surface area contributed by atoms with Gasteiger partial charge in [-0.2, -0.15) is 0 Å². The van der Waals surface area contributed by atoms with Crippen LogP contribution in [-0.2, 0) is 16.6 Å². The predicted molar refractivity (Wildman–Crippen MR) is 90.6 cm³/mol. The molecule has 1 heterocycles. The zero-order valence-electron chi connectivity index (χ0n) is 15.0. The van der Waals surface area contributed by atoms with Gasteiger partial charge in [-0.1, -0.05) is 0 Å². The van der Waals surface area contributed by atoms with Gasteiger partial charge >= 0.3 is 0 Å². The zero-order chi connectivity index (χ0) is 17.9. The van der Waals surface area contributed by atoms with Crippen LogP contribution in [0.4, 0.5) is 4.39 Å². The summed E-state index contributed by atoms with van der Waals surface area (Å²) in [5.41, 5.74) is 0.806. The maximum absolute atomic E-state index is 14.8. The minimum absolute atomic E-state index is 0.0370. The van der Waals surface area contributed by atoms with Crippen molar-refractivity contribution in [3.63, 3.8) is 0 Å². The van der Waals surface area contributed by atoms with Crippen molar-refractivity contribution < 1.29 is 24.1 Å². The number of phenolic OH excluding ortho intramolecular Hbond substituents is 1. The van der Waals surface area contributed by atoms with E-state index in [-0.39, 0.29) is 35.4 Å². The van der Waals surface area contributed by atoms with E-state index in [9.17, 15) is 14.6 Å². The Balaban J connectivity index is 1.94. The molecule has 5 nitrogen and oxygen atoms in total. The molecule has 1 aromatic carbocycles. The average Bonchev–Trinajstić information content (AvgIpc) is 2.59. The van der Waals surface area contributed by atoms with E-state index in [1.807, 2.05) is 0 Å². The van der Waals surface area contributed by atoms with Gasteiger partial charge in [-0.25, -0.2) is 4.39 Å². The number of hydrogen-bond acceptors (Lipinski definition) is 5. The Kier molecular flexibility index (Phi) is 3.98. The Morgan fingerprint density at radius 1 is 1.36 bits per heavy atom. The Labute approximate surface area is 147 Å². The molecule has 4 rings (SSSR count). The molecule has 2 aliphatic carbocycles. The Morgan fingerprint density at radius 2 is 2.12 bits per heavy atom. The Morgan fingerprint density at radius 3 is 2.80 bits per heavy atom. The fourth-order valence-corrected chi connectivity index (χ4v) is 5.67. The number of aromatic hydroxyl groups is 1. The first kappa shape index (κ1) is 17.1. The maximum atomic E-state index is 14.8. The van der Waals surface area contributed by atoms with E-state index in [4.69, 9.17) is 9.47 Å². The monoisotopic (exact) mass is 351 g/mol. The molecular formula is C19H26FNO4. The number of aliphatic hydroxyl groups is 1. The predicted octanol–water partition coefficient (Wildman–Crippen LogP) is 1.82. The van der Waals surface area contributed by atoms with Crippen molar-refractivity contribution in [2.45, 2.75) is 49.3 Å². The van der Waals surface area contributed by atoms with Gasteiger partial charge in [-0.15, -0.1) is 0 Å². The molecule has 1 saturated carbocycles. The van der Waals surface area contributed by atoms with Crippen molar-refractivity contribution in [2.75, 3.05) is 27.8 Å². The van der Waals surface area contributed by atoms with Crippen LogP contribution >= 0.6 is 0 Å². The first-order valence-electron chi connectivity index (χ1n) is 8.93. The molecule has 0 aromatic heterocycles. The number of piperidine rings is 1. The van der Waals surface area contributed by atoms with Crippen LogP contribution in [0.15, 0.2) is 6.07 Å². The zero-order valence-corrected chi connectivity index (χ0v) is 15.0. The van der Waals surface area contributed by atoms with Crippen LogP contribution in [0.2, 0.25) is 0 Å². The van der Waals surface area contributed by atoms with Crippen molar-refractivity contribution in [3.8, 4) is 11.5 Å². The lowest BCUT2D eigenvalue weighted by Gasteiger charge is -2.60. The average molecular weight is 351 g/mol. The van der Waals surface area contributed by atoms with E-state index in [0.717, 1.165) is 13.0 Å². The Hall–Kier alpha value is -1.37. The second kappa shape index (κ2) is 5.83. The normalized spacial score (nSPS) is 37.3. The lowest BCUT2D eigenvalue weighted by Crippen LogP contribution is -2.64. The lowest BCUT2D eigenvalue weighted by atomic mass is 9.51. The number of likely N-dealkylation sites (tertiary alicyclic amines) is 1. The van der Waals surface area contributed by atoms with E-state index in [1.54, 1.807) is 7.11 Å². The van der Waals surface area contributed by atoms with Gasteiger partial charge in [-0.05, 0) is 50.8 Å². The summed E-state index contributed by atoms with van der Waals surface area (Å²) in [5.74, 6) is 0.0933. The van der Waals surface area contributed by atoms with Crippen LogP contribution in [0.5, 0.6) is 11.5 Å². The number of ether oxygens (including phenoxy) is 2. The van der Waals surface area contributed by atoms with E-state index in [0.29, 0.717) is 30.4 Å². The van der Waals surface area contributed by atoms with Gasteiger partial charge < -0.3 is 24.6 Å². The molecule has 1 aliphatic heterocycles. The summed E-state index contributed by atoms with van der Waals surface area (Å²) in [5, 5.41) is 21.5. The molecule has 0 spiro atoms. The third-order valence-corrected chi connectivity index (χ3v) is 6.89. The van der Waals surface area contributed by atoms with E-state index < -0.39 is 11.5 Å². The van der Waals surface area contributed by atoms with Crippen LogP contribution < -0.4 is 4.74 Å². The number of rotatable bonds is 2. The van der Waals surface area contributed by atoms with Gasteiger partial charge in [0, 0.05) is 30.2 Å². The minimum atomic E-state index is -0.620. The molecule has 1 aromatic rings. The minimum Gasteiger partial charge on any atom is -0.504 e. The van der Waals surface area contributed by atoms with Gasteiger partial charge in [0.15, 0.2) is 11.5 Å². The number of methoxy groups -OCH3 is 2. The molecule has 0 amide bonds. The molecule has 2 bridgehead atoms. The number of nitrogens with zero attached hydrogens (tertiary/aromatic N) is 1. The number of likely N-dealkylation sites (N-methyl/N-ethyl adjacent to an activating group) is 1. The summed E-state index contributed by atoms with van der Waals surface area (Å²) in [6, 6.07) is 1.46. The first-order valence-corrected chi connectivity index (χ1v) is 8.93. The summed E-state index contributed by atoms with van der Waals surface area (Å²) >= 11 is 0. The fraction of sp³-hybridized carbons (Fsp3) is 0.684. The number of aliphatic hydroxyl groups excluding tert-OH is 1. The van der Waals surface area contributed by atoms with Gasteiger partial charge in [-0.3, -0.25) is 0 Å². The van der Waals surface area contributed by atoms with Crippen molar-refractivity contribution in [2.24, 2.45) is 5.92 Å². The largest absolute Gasteiger partial charge is 0.504 e. The van der Waals surface area contributed by atoms with Crippen LogP contribution in [-0.4, -0.2) is 61.2 Å². The molecule has 2 N–H and O–H groups in total. The smallest absolute Gasteiger partial charge is 0.163 e. The number of hydrogen-bond donors (Lipinski definition) is 2. The highest BCUT2D eigenvalue weighted by Gasteiger charge is 2.58. The van der Waals surface area contributed by atoms with Crippen LogP contribution in [0.3, 0.4) is 0 Å². The molecular weight excluding hydrogens is 325 g/mol. The molecule has 1 saturated heterocycles. The highest BCUT2D eigenvalue weighted by molar-refractivity contribution is 5.57. The molecule has 138 valence electrons. The van der Waals surface area contributed by atoms with Crippen LogP contribution in [0, 0.1) is 11.7 Å². The molecule has 5 atom stereocenters. The van der Waals surface area contributed by atoms with Crippen molar-refractivity contribution in [3.05, 3.63) is 23.0 Å². The van der Waals surface area contributed by atoms with Crippen LogP contribution in [0.1, 0.15) is 30.4 Å². The highest BCUT2D eigenvalue weighted by Crippen LogP contribution is 2.59. The summed E-state index contributed by atoms with van der Waals surface area (Å²) in [6.45, 7) is 0.864. The summed E-state index contributed by atoms with van der Waals surface area (Å²) in [6.07, 6.45) is 1.70. The quantitative estimate of drug-likeness (QED) is 0.851. The lowest BCUT2D eigenvalue weighted by molar-refractivity contribution is -0.115. The third-order valence-electron chi connectivity index (χ3n) is 6.89. The maximum Gasteiger partial charge on any atom is 0.163 e. The van der Waals surface area contributed by atoms with Crippen molar-refractivity contribution >= 4 is 0 Å². The van der Waals surface area contributed by atoms with Gasteiger partial charge in [0.25, 0.3) is 0 Å². The molecule has 25 heavy (non-hydrogen) atoms. The molecule has 6 heteroatoms. The number of halogens is 1. The van der Waals surface area contributed by atoms with Crippen molar-refractivity contribution in [1.82, 2.24) is 4.90 Å². The van der Waals surface area contributed by atoms with E-state index in [1.165, 1.54) is 13.2 Å². The number of phenols is 1. The third kappa shape index (κ3) is 2.24. The SMILES string of the molecule is COc1cc(F)c2c(c1O)[C@@]13CCN(C)[C@@H](C2)C1CC(OC)[C@@H](O)C3. The standard InChI is InChI=1S/C19H26FNO4/c1-21-5-4-19-9-14(22)15(24-2)7-11(19)13(21)6-10-12(20)8-16(25-3)18(23)17(10)19/h8,11,13-15,22-23H,4-7,9H2,1-3H3/t11?,13-,14-,15?,19+/m0/s1. The molecule has 2 fully saturated rings. The Bertz CT molecular complexity index is 696. The molecule has 3 aliphatic rings. The summed E-state index contributed by atoms with van der Waals surface area (Å²) in [7, 11) is 5.14. The highest BCUT2D eigenvalue weighted by atomic mass is 19.1. The van der Waals surface area contributed by atoms with E-state index >= 15 is 0 Å².